The maximum absolute atomic E-state index is 5.95. The molecular formula is C17H29NO. The molecule has 0 saturated heterocycles. The van der Waals surface area contributed by atoms with Gasteiger partial charge in [-0.05, 0) is 62.7 Å². The Kier molecular flexibility index (Phi) is 2.82. The van der Waals surface area contributed by atoms with Crippen LogP contribution in [-0.4, -0.2) is 11.3 Å². The summed E-state index contributed by atoms with van der Waals surface area (Å²) in [6.45, 7) is 11.9. The highest BCUT2D eigenvalue weighted by Crippen LogP contribution is 2.64. The molecule has 3 aliphatic rings. The quantitative estimate of drug-likeness (QED) is 0.616. The van der Waals surface area contributed by atoms with Crippen LogP contribution in [0.2, 0.25) is 0 Å². The van der Waals surface area contributed by atoms with Crippen molar-refractivity contribution in [2.75, 3.05) is 0 Å². The second-order valence-corrected chi connectivity index (χ2v) is 8.43. The van der Waals surface area contributed by atoms with Crippen LogP contribution in [0, 0.1) is 22.7 Å². The van der Waals surface area contributed by atoms with Gasteiger partial charge in [0.05, 0.1) is 5.71 Å². The molecule has 1 aliphatic heterocycles. The van der Waals surface area contributed by atoms with E-state index in [0.717, 1.165) is 12.3 Å². The summed E-state index contributed by atoms with van der Waals surface area (Å²) in [7, 11) is 0. The third-order valence-electron chi connectivity index (χ3n) is 6.65. The van der Waals surface area contributed by atoms with Gasteiger partial charge in [-0.25, -0.2) is 0 Å². The van der Waals surface area contributed by atoms with Gasteiger partial charge in [0.1, 0.15) is 5.60 Å². The van der Waals surface area contributed by atoms with E-state index in [1.165, 1.54) is 37.8 Å². The lowest BCUT2D eigenvalue weighted by Crippen LogP contribution is -2.59. The van der Waals surface area contributed by atoms with Crippen LogP contribution in [0.3, 0.4) is 0 Å². The Hall–Kier alpha value is -0.530. The highest BCUT2D eigenvalue weighted by Gasteiger charge is 2.60. The van der Waals surface area contributed by atoms with E-state index in [-0.39, 0.29) is 5.60 Å². The second kappa shape index (κ2) is 3.99. The molecule has 4 atom stereocenters. The van der Waals surface area contributed by atoms with Crippen LogP contribution in [-0.2, 0) is 4.84 Å². The Morgan fingerprint density at radius 2 is 1.79 bits per heavy atom. The molecule has 2 saturated carbocycles. The van der Waals surface area contributed by atoms with Crippen molar-refractivity contribution < 1.29 is 4.84 Å². The molecule has 19 heavy (non-hydrogen) atoms. The molecule has 108 valence electrons. The topological polar surface area (TPSA) is 21.6 Å². The second-order valence-electron chi connectivity index (χ2n) is 8.43. The molecule has 0 aromatic carbocycles. The van der Waals surface area contributed by atoms with Gasteiger partial charge in [0.25, 0.3) is 0 Å². The van der Waals surface area contributed by atoms with E-state index in [0.29, 0.717) is 16.7 Å². The van der Waals surface area contributed by atoms with E-state index >= 15 is 0 Å². The molecule has 3 rings (SSSR count). The largest absolute Gasteiger partial charge is 0.389 e. The van der Waals surface area contributed by atoms with Crippen molar-refractivity contribution in [2.45, 2.75) is 78.7 Å². The monoisotopic (exact) mass is 263 g/mol. The van der Waals surface area contributed by atoms with Crippen LogP contribution in [0.25, 0.3) is 0 Å². The number of nitrogens with zero attached hydrogens (tertiary/aromatic N) is 1. The number of fused-ring (bicyclic) bond motifs is 3. The average molecular weight is 263 g/mol. The average Bonchev–Trinajstić information content (AvgIpc) is 2.30. The fraction of sp³-hybridized carbons (Fsp3) is 0.941. The molecule has 2 heteroatoms. The minimum Gasteiger partial charge on any atom is -0.389 e. The summed E-state index contributed by atoms with van der Waals surface area (Å²) in [5.41, 5.74) is 2.11. The minimum absolute atomic E-state index is 0.0157. The van der Waals surface area contributed by atoms with Crippen molar-refractivity contribution in [3.63, 3.8) is 0 Å². The van der Waals surface area contributed by atoms with E-state index in [4.69, 9.17) is 4.84 Å². The molecule has 0 spiro atoms. The fourth-order valence-electron chi connectivity index (χ4n) is 5.68. The van der Waals surface area contributed by atoms with Crippen LogP contribution in [0.15, 0.2) is 5.16 Å². The molecule has 1 heterocycles. The SMILES string of the molecule is CC1=NO[C@]2(C)CC[C@@H]3C(C)(C)CCC[C@]3(C)[C@H]2C1. The highest BCUT2D eigenvalue weighted by molar-refractivity contribution is 5.82. The Labute approximate surface area is 118 Å². The number of hydrogen-bond acceptors (Lipinski definition) is 2. The zero-order valence-electron chi connectivity index (χ0n) is 13.3. The maximum Gasteiger partial charge on any atom is 0.138 e. The summed E-state index contributed by atoms with van der Waals surface area (Å²) in [6.07, 6.45) is 7.77. The van der Waals surface area contributed by atoms with E-state index in [1.807, 2.05) is 0 Å². The van der Waals surface area contributed by atoms with Gasteiger partial charge in [0, 0.05) is 5.92 Å². The van der Waals surface area contributed by atoms with Gasteiger partial charge < -0.3 is 4.84 Å². The molecule has 0 unspecified atom stereocenters. The van der Waals surface area contributed by atoms with Gasteiger partial charge in [-0.15, -0.1) is 0 Å². The minimum atomic E-state index is -0.0157. The first-order chi connectivity index (χ1) is 8.78. The zero-order chi connectivity index (χ0) is 13.9. The Morgan fingerprint density at radius 3 is 2.53 bits per heavy atom. The van der Waals surface area contributed by atoms with E-state index in [9.17, 15) is 0 Å². The van der Waals surface area contributed by atoms with E-state index < -0.39 is 0 Å². The van der Waals surface area contributed by atoms with Crippen molar-refractivity contribution in [3.05, 3.63) is 0 Å². The van der Waals surface area contributed by atoms with Crippen molar-refractivity contribution in [1.29, 1.82) is 0 Å². The lowest BCUT2D eigenvalue weighted by atomic mass is 9.45. The molecule has 0 radical (unpaired) electrons. The summed E-state index contributed by atoms with van der Waals surface area (Å²) in [5.74, 6) is 1.50. The summed E-state index contributed by atoms with van der Waals surface area (Å²) in [5, 5.41) is 4.31. The molecule has 0 bridgehead atoms. The summed E-state index contributed by atoms with van der Waals surface area (Å²) < 4.78 is 0. The van der Waals surface area contributed by atoms with Gasteiger partial charge >= 0.3 is 0 Å². The molecule has 0 N–H and O–H groups in total. The predicted octanol–water partition coefficient (Wildman–Crippen LogP) is 4.78. The van der Waals surface area contributed by atoms with Crippen molar-refractivity contribution in [1.82, 2.24) is 0 Å². The van der Waals surface area contributed by atoms with Gasteiger partial charge in [0.15, 0.2) is 0 Å². The molecule has 0 amide bonds. The molecule has 2 nitrogen and oxygen atoms in total. The first-order valence-electron chi connectivity index (χ1n) is 8.00. The van der Waals surface area contributed by atoms with Crippen LogP contribution >= 0.6 is 0 Å². The Balaban J connectivity index is 2.00. The third kappa shape index (κ3) is 1.86. The smallest absolute Gasteiger partial charge is 0.138 e. The van der Waals surface area contributed by atoms with Crippen LogP contribution in [0.4, 0.5) is 0 Å². The van der Waals surface area contributed by atoms with Crippen LogP contribution in [0.5, 0.6) is 0 Å². The summed E-state index contributed by atoms with van der Waals surface area (Å²) in [6, 6.07) is 0. The first kappa shape index (κ1) is 13.5. The van der Waals surface area contributed by atoms with Gasteiger partial charge in [0.2, 0.25) is 0 Å². The molecule has 2 fully saturated rings. The van der Waals surface area contributed by atoms with Gasteiger partial charge in [-0.2, -0.15) is 0 Å². The third-order valence-corrected chi connectivity index (χ3v) is 6.65. The number of hydrogen-bond donors (Lipinski definition) is 0. The first-order valence-corrected chi connectivity index (χ1v) is 8.00. The van der Waals surface area contributed by atoms with E-state index in [1.54, 1.807) is 0 Å². The van der Waals surface area contributed by atoms with Gasteiger partial charge in [-0.1, -0.05) is 32.3 Å². The van der Waals surface area contributed by atoms with Crippen molar-refractivity contribution >= 4 is 5.71 Å². The van der Waals surface area contributed by atoms with Crippen molar-refractivity contribution in [3.8, 4) is 0 Å². The standard InChI is InChI=1S/C17H29NO/c1-12-11-14-16(4)9-6-8-15(2,3)13(16)7-10-17(14,5)19-18-12/h13-14H,6-11H2,1-5H3/t13-,14-,16+,17-/m1/s1. The fourth-order valence-corrected chi connectivity index (χ4v) is 5.68. The normalized spacial score (nSPS) is 48.6. The molecule has 0 aromatic heterocycles. The molecule has 0 aromatic rings. The lowest BCUT2D eigenvalue weighted by molar-refractivity contribution is -0.196. The number of oxime groups is 1. The summed E-state index contributed by atoms with van der Waals surface area (Å²) in [4.78, 5) is 5.95. The van der Waals surface area contributed by atoms with E-state index in [2.05, 4.69) is 39.8 Å². The van der Waals surface area contributed by atoms with Crippen LogP contribution < -0.4 is 0 Å². The maximum atomic E-state index is 5.95. The molecular weight excluding hydrogens is 234 g/mol. The Morgan fingerprint density at radius 1 is 1.05 bits per heavy atom. The lowest BCUT2D eigenvalue weighted by Gasteiger charge is -2.62. The predicted molar refractivity (Wildman–Crippen MR) is 79.2 cm³/mol. The van der Waals surface area contributed by atoms with Gasteiger partial charge in [-0.3, -0.25) is 0 Å². The van der Waals surface area contributed by atoms with Crippen LogP contribution in [0.1, 0.15) is 73.1 Å². The molecule has 2 aliphatic carbocycles. The Bertz CT molecular complexity index is 413. The highest BCUT2D eigenvalue weighted by atomic mass is 16.7. The number of rotatable bonds is 0. The zero-order valence-corrected chi connectivity index (χ0v) is 13.3. The van der Waals surface area contributed by atoms with Crippen molar-refractivity contribution in [2.24, 2.45) is 27.8 Å². The summed E-state index contributed by atoms with van der Waals surface area (Å²) >= 11 is 0.